The smallest absolute Gasteiger partial charge is 0.226 e. The topological polar surface area (TPSA) is 40.5 Å². The number of allylic oxidation sites excluding steroid dienone is 1. The van der Waals surface area contributed by atoms with Gasteiger partial charge in [-0.25, -0.2) is 0 Å². The number of aliphatic hydroxyl groups is 1. The molecule has 1 fully saturated rings. The van der Waals surface area contributed by atoms with E-state index in [2.05, 4.69) is 6.58 Å². The molecule has 0 aliphatic carbocycles. The lowest BCUT2D eigenvalue weighted by atomic mass is 9.79. The van der Waals surface area contributed by atoms with Gasteiger partial charge in [0.2, 0.25) is 5.91 Å². The summed E-state index contributed by atoms with van der Waals surface area (Å²) in [6, 6.07) is 19.1. The molecule has 1 aliphatic heterocycles. The van der Waals surface area contributed by atoms with Crippen LogP contribution >= 0.6 is 0 Å². The van der Waals surface area contributed by atoms with Crippen molar-refractivity contribution >= 4 is 5.91 Å². The highest BCUT2D eigenvalue weighted by Crippen LogP contribution is 2.40. The molecule has 0 bridgehead atoms. The third-order valence-electron chi connectivity index (χ3n) is 5.39. The van der Waals surface area contributed by atoms with E-state index >= 15 is 0 Å². The molecule has 0 radical (unpaired) electrons. The molecular formula is C23H27NO2. The van der Waals surface area contributed by atoms with Crippen LogP contribution < -0.4 is 0 Å². The van der Waals surface area contributed by atoms with Crippen LogP contribution in [0.2, 0.25) is 0 Å². The Hall–Kier alpha value is -2.39. The molecular weight excluding hydrogens is 322 g/mol. The molecule has 0 aromatic heterocycles. The van der Waals surface area contributed by atoms with E-state index in [1.165, 1.54) is 0 Å². The molecule has 2 aromatic carbocycles. The van der Waals surface area contributed by atoms with Crippen LogP contribution in [0.5, 0.6) is 0 Å². The summed E-state index contributed by atoms with van der Waals surface area (Å²) in [5, 5.41) is 12.0. The molecule has 1 N–H and O–H groups in total. The van der Waals surface area contributed by atoms with Crippen LogP contribution in [0.15, 0.2) is 73.3 Å². The summed E-state index contributed by atoms with van der Waals surface area (Å²) in [5.74, 6) is -0.0263. The van der Waals surface area contributed by atoms with Crippen molar-refractivity contribution in [1.29, 1.82) is 0 Å². The van der Waals surface area contributed by atoms with Crippen LogP contribution in [0.3, 0.4) is 0 Å². The van der Waals surface area contributed by atoms with E-state index in [1.54, 1.807) is 6.08 Å². The Bertz CT molecular complexity index is 702. The van der Waals surface area contributed by atoms with Crippen molar-refractivity contribution in [3.63, 3.8) is 0 Å². The largest absolute Gasteiger partial charge is 0.378 e. The van der Waals surface area contributed by atoms with E-state index in [1.807, 2.05) is 72.5 Å². The van der Waals surface area contributed by atoms with E-state index in [9.17, 15) is 9.90 Å². The molecule has 1 aliphatic rings. The van der Waals surface area contributed by atoms with Crippen molar-refractivity contribution < 1.29 is 9.90 Å². The molecule has 136 valence electrons. The van der Waals surface area contributed by atoms with Crippen LogP contribution in [-0.4, -0.2) is 28.5 Å². The second-order valence-corrected chi connectivity index (χ2v) is 7.11. The average molecular weight is 349 g/mol. The summed E-state index contributed by atoms with van der Waals surface area (Å²) in [6.07, 6.45) is 4.12. The molecule has 3 heteroatoms. The predicted octanol–water partition coefficient (Wildman–Crippen LogP) is 4.13. The second-order valence-electron chi connectivity index (χ2n) is 7.11. The SMILES string of the molecule is C=CCC(C)C(=O)N1CCC[C@H]1C(O)(c1ccccc1)c1ccccc1. The first kappa shape index (κ1) is 18.4. The summed E-state index contributed by atoms with van der Waals surface area (Å²) >= 11 is 0. The monoisotopic (exact) mass is 349 g/mol. The molecule has 3 rings (SSSR count). The molecule has 3 nitrogen and oxygen atoms in total. The molecule has 1 amide bonds. The first-order valence-corrected chi connectivity index (χ1v) is 9.33. The Morgan fingerprint density at radius 1 is 1.19 bits per heavy atom. The van der Waals surface area contributed by atoms with Gasteiger partial charge in [-0.3, -0.25) is 4.79 Å². The lowest BCUT2D eigenvalue weighted by Crippen LogP contribution is -2.51. The molecule has 1 saturated heterocycles. The summed E-state index contributed by atoms with van der Waals surface area (Å²) < 4.78 is 0. The van der Waals surface area contributed by atoms with Gasteiger partial charge in [-0.2, -0.15) is 0 Å². The zero-order valence-electron chi connectivity index (χ0n) is 15.3. The third kappa shape index (κ3) is 3.32. The number of likely N-dealkylation sites (tertiary alicyclic amines) is 1. The predicted molar refractivity (Wildman–Crippen MR) is 105 cm³/mol. The van der Waals surface area contributed by atoms with Crippen LogP contribution in [0, 0.1) is 5.92 Å². The number of nitrogens with zero attached hydrogens (tertiary/aromatic N) is 1. The highest BCUT2D eigenvalue weighted by Gasteiger charge is 2.47. The normalized spacial score (nSPS) is 18.5. The van der Waals surface area contributed by atoms with E-state index < -0.39 is 5.60 Å². The second kappa shape index (κ2) is 7.88. The van der Waals surface area contributed by atoms with E-state index in [0.29, 0.717) is 13.0 Å². The van der Waals surface area contributed by atoms with Crippen LogP contribution in [0.25, 0.3) is 0 Å². The number of carbonyl (C=O) groups is 1. The molecule has 1 unspecified atom stereocenters. The standard InChI is InChI=1S/C23H27NO2/c1-3-11-18(2)22(25)24-17-10-16-21(24)23(26,19-12-6-4-7-13-19)20-14-8-5-9-15-20/h3-9,12-15,18,21,26H,1,10-11,16-17H2,2H3/t18?,21-/m0/s1. The highest BCUT2D eigenvalue weighted by molar-refractivity contribution is 5.79. The average Bonchev–Trinajstić information content (AvgIpc) is 3.18. The first-order valence-electron chi connectivity index (χ1n) is 9.33. The zero-order valence-corrected chi connectivity index (χ0v) is 15.3. The lowest BCUT2D eigenvalue weighted by molar-refractivity contribution is -0.140. The maximum Gasteiger partial charge on any atom is 0.226 e. The minimum atomic E-state index is -1.22. The number of hydrogen-bond acceptors (Lipinski definition) is 2. The van der Waals surface area contributed by atoms with Crippen molar-refractivity contribution in [2.75, 3.05) is 6.54 Å². The number of benzene rings is 2. The van der Waals surface area contributed by atoms with Gasteiger partial charge in [0.25, 0.3) is 0 Å². The van der Waals surface area contributed by atoms with Gasteiger partial charge >= 0.3 is 0 Å². The summed E-state index contributed by atoms with van der Waals surface area (Å²) in [5.41, 5.74) is 0.433. The van der Waals surface area contributed by atoms with Crippen LogP contribution in [-0.2, 0) is 10.4 Å². The quantitative estimate of drug-likeness (QED) is 0.797. The van der Waals surface area contributed by atoms with Crippen LogP contribution in [0.1, 0.15) is 37.3 Å². The van der Waals surface area contributed by atoms with Crippen molar-refractivity contribution in [3.8, 4) is 0 Å². The maximum atomic E-state index is 13.0. The third-order valence-corrected chi connectivity index (χ3v) is 5.39. The fourth-order valence-corrected chi connectivity index (χ4v) is 4.03. The van der Waals surface area contributed by atoms with Crippen LogP contribution in [0.4, 0.5) is 0 Å². The fraction of sp³-hybridized carbons (Fsp3) is 0.348. The Labute approximate surface area is 156 Å². The summed E-state index contributed by atoms with van der Waals surface area (Å²) in [6.45, 7) is 6.37. The number of carbonyl (C=O) groups excluding carboxylic acids is 1. The number of rotatable bonds is 6. The fourth-order valence-electron chi connectivity index (χ4n) is 4.03. The van der Waals surface area contributed by atoms with Crippen molar-refractivity contribution in [2.45, 2.75) is 37.8 Å². The Morgan fingerprint density at radius 2 is 1.73 bits per heavy atom. The van der Waals surface area contributed by atoms with Gasteiger partial charge in [0.1, 0.15) is 5.60 Å². The molecule has 1 heterocycles. The minimum Gasteiger partial charge on any atom is -0.378 e. The molecule has 26 heavy (non-hydrogen) atoms. The molecule has 2 atom stereocenters. The van der Waals surface area contributed by atoms with Gasteiger partial charge in [-0.05, 0) is 30.4 Å². The highest BCUT2D eigenvalue weighted by atomic mass is 16.3. The van der Waals surface area contributed by atoms with Gasteiger partial charge in [-0.1, -0.05) is 73.7 Å². The van der Waals surface area contributed by atoms with Gasteiger partial charge in [0, 0.05) is 12.5 Å². The maximum absolute atomic E-state index is 13.0. The Kier molecular flexibility index (Phi) is 5.58. The first-order chi connectivity index (χ1) is 12.6. The van der Waals surface area contributed by atoms with Gasteiger partial charge in [0.15, 0.2) is 0 Å². The lowest BCUT2D eigenvalue weighted by Gasteiger charge is -2.40. The van der Waals surface area contributed by atoms with Gasteiger partial charge in [0.05, 0.1) is 6.04 Å². The minimum absolute atomic E-state index is 0.0951. The van der Waals surface area contributed by atoms with E-state index in [0.717, 1.165) is 24.0 Å². The Balaban J connectivity index is 2.04. The molecule has 0 saturated carbocycles. The van der Waals surface area contributed by atoms with E-state index in [4.69, 9.17) is 0 Å². The Morgan fingerprint density at radius 3 is 2.23 bits per heavy atom. The number of amides is 1. The van der Waals surface area contributed by atoms with Gasteiger partial charge in [-0.15, -0.1) is 6.58 Å². The van der Waals surface area contributed by atoms with Crippen molar-refractivity contribution in [3.05, 3.63) is 84.4 Å². The van der Waals surface area contributed by atoms with Gasteiger partial charge < -0.3 is 10.0 Å². The summed E-state index contributed by atoms with van der Waals surface area (Å²) in [4.78, 5) is 14.9. The number of hydrogen-bond donors (Lipinski definition) is 1. The van der Waals surface area contributed by atoms with E-state index in [-0.39, 0.29) is 17.9 Å². The van der Waals surface area contributed by atoms with Crippen molar-refractivity contribution in [1.82, 2.24) is 4.90 Å². The summed E-state index contributed by atoms with van der Waals surface area (Å²) in [7, 11) is 0. The molecule has 0 spiro atoms. The van der Waals surface area contributed by atoms with Crippen molar-refractivity contribution in [2.24, 2.45) is 5.92 Å². The zero-order chi connectivity index (χ0) is 18.6. The molecule has 2 aromatic rings.